The number of nitrogens with one attached hydrogen (secondary N) is 1. The Morgan fingerprint density at radius 3 is 1.78 bits per heavy atom. The number of rotatable bonds is 14. The Morgan fingerprint density at radius 2 is 1.17 bits per heavy atom. The first-order valence-corrected chi connectivity index (χ1v) is 18.7. The number of nitrogens with zero attached hydrogens (tertiary/aromatic N) is 1. The molecule has 11 heteroatoms. The summed E-state index contributed by atoms with van der Waals surface area (Å²) in [6.45, 7) is 0.660. The molecule has 292 valence electrons. The van der Waals surface area contributed by atoms with Crippen LogP contribution in [0.5, 0.6) is 11.5 Å². The zero-order valence-electron chi connectivity index (χ0n) is 31.4. The molecule has 0 saturated carbocycles. The maximum Gasteiger partial charge on any atom is 0.410 e. The van der Waals surface area contributed by atoms with E-state index in [-0.39, 0.29) is 37.4 Å². The minimum absolute atomic E-state index is 0.0250. The molecule has 58 heavy (non-hydrogen) atoms. The molecule has 0 bridgehead atoms. The number of ether oxygens (including phenoxy) is 4. The van der Waals surface area contributed by atoms with Crippen molar-refractivity contribution in [3.05, 3.63) is 191 Å². The van der Waals surface area contributed by atoms with E-state index in [1.54, 1.807) is 48.5 Å². The van der Waals surface area contributed by atoms with Crippen LogP contribution in [-0.2, 0) is 29.3 Å². The van der Waals surface area contributed by atoms with Gasteiger partial charge in [0.2, 0.25) is 0 Å². The molecule has 7 rings (SSSR count). The SMILES string of the molecule is O=C(N[C@@H]1CN(C(=O)OCc2ccccc2)C[C@H]1OC(=O)c1ccc(-c2c(OCc3ccccc3)cccc2C(=O)O)cc1)c1ccc(OCc2ccccc2)cc1. The smallest absolute Gasteiger partial charge is 0.410 e. The van der Waals surface area contributed by atoms with E-state index in [4.69, 9.17) is 18.9 Å². The Labute approximate surface area is 335 Å². The van der Waals surface area contributed by atoms with Gasteiger partial charge in [-0.25, -0.2) is 14.4 Å². The van der Waals surface area contributed by atoms with Gasteiger partial charge in [-0.15, -0.1) is 0 Å². The van der Waals surface area contributed by atoms with Gasteiger partial charge in [0.05, 0.1) is 23.7 Å². The maximum absolute atomic E-state index is 13.6. The lowest BCUT2D eigenvalue weighted by molar-refractivity contribution is 0.0260. The molecule has 2 atom stereocenters. The third kappa shape index (κ3) is 9.87. The van der Waals surface area contributed by atoms with Crippen LogP contribution in [-0.4, -0.2) is 59.2 Å². The third-order valence-electron chi connectivity index (χ3n) is 9.57. The van der Waals surface area contributed by atoms with Crippen molar-refractivity contribution in [2.45, 2.75) is 32.0 Å². The number of amides is 2. The molecule has 0 radical (unpaired) electrons. The number of likely N-dealkylation sites (tertiary alicyclic amines) is 1. The molecule has 1 aliphatic heterocycles. The molecule has 1 aliphatic rings. The van der Waals surface area contributed by atoms with Crippen molar-refractivity contribution in [3.63, 3.8) is 0 Å². The molecule has 0 spiro atoms. The van der Waals surface area contributed by atoms with Gasteiger partial charge in [0.25, 0.3) is 5.91 Å². The fourth-order valence-corrected chi connectivity index (χ4v) is 6.53. The minimum atomic E-state index is -1.13. The Kier molecular flexibility index (Phi) is 12.4. The molecule has 1 saturated heterocycles. The molecule has 11 nitrogen and oxygen atoms in total. The quantitative estimate of drug-likeness (QED) is 0.105. The second kappa shape index (κ2) is 18.5. The molecule has 0 aromatic heterocycles. The van der Waals surface area contributed by atoms with Gasteiger partial charge in [-0.2, -0.15) is 0 Å². The van der Waals surface area contributed by atoms with Crippen molar-refractivity contribution in [2.75, 3.05) is 13.1 Å². The standard InChI is InChI=1S/C47H40N2O9/c50-44(36-23-25-38(26-24-36)55-29-32-11-4-1-5-12-32)48-40-27-49(47(54)57-31-34-15-8-3-9-16-34)28-42(40)58-46(53)37-21-19-35(20-22-37)43-39(45(51)52)17-10-18-41(43)56-30-33-13-6-2-7-14-33/h1-26,40,42H,27-31H2,(H,48,50)(H,51,52)/t40-,42-/m1/s1. The van der Waals surface area contributed by atoms with Gasteiger partial charge in [-0.1, -0.05) is 109 Å². The molecule has 2 N–H and O–H groups in total. The lowest BCUT2D eigenvalue weighted by Crippen LogP contribution is -2.44. The Balaban J connectivity index is 1.05. The highest BCUT2D eigenvalue weighted by atomic mass is 16.6. The first kappa shape index (κ1) is 38.9. The maximum atomic E-state index is 13.6. The van der Waals surface area contributed by atoms with Crippen LogP contribution in [0.3, 0.4) is 0 Å². The first-order valence-electron chi connectivity index (χ1n) is 18.7. The number of carbonyl (C=O) groups is 4. The van der Waals surface area contributed by atoms with E-state index in [9.17, 15) is 24.3 Å². The number of benzene rings is 6. The molecule has 6 aromatic rings. The summed E-state index contributed by atoms with van der Waals surface area (Å²) in [7, 11) is 0. The number of carboxylic acids is 1. The number of carboxylic acid groups (broad SMARTS) is 1. The summed E-state index contributed by atoms with van der Waals surface area (Å²) < 4.78 is 23.5. The average molecular weight is 777 g/mol. The zero-order valence-corrected chi connectivity index (χ0v) is 31.4. The van der Waals surface area contributed by atoms with Crippen LogP contribution in [0.2, 0.25) is 0 Å². The number of hydrogen-bond donors (Lipinski definition) is 2. The topological polar surface area (TPSA) is 141 Å². The van der Waals surface area contributed by atoms with E-state index in [2.05, 4.69) is 5.32 Å². The summed E-state index contributed by atoms with van der Waals surface area (Å²) in [6, 6.07) is 45.5. The van der Waals surface area contributed by atoms with Crippen LogP contribution in [0, 0.1) is 0 Å². The zero-order chi connectivity index (χ0) is 40.3. The minimum Gasteiger partial charge on any atom is -0.489 e. The Hall–Kier alpha value is -7.40. The highest BCUT2D eigenvalue weighted by Crippen LogP contribution is 2.35. The van der Waals surface area contributed by atoms with Crippen LogP contribution in [0.1, 0.15) is 47.8 Å². The molecular weight excluding hydrogens is 737 g/mol. The van der Waals surface area contributed by atoms with Gasteiger partial charge >= 0.3 is 18.0 Å². The van der Waals surface area contributed by atoms with E-state index in [1.165, 1.54) is 23.1 Å². The summed E-state index contributed by atoms with van der Waals surface area (Å²) >= 11 is 0. The highest BCUT2D eigenvalue weighted by molar-refractivity contribution is 5.99. The largest absolute Gasteiger partial charge is 0.489 e. The van der Waals surface area contributed by atoms with Gasteiger partial charge in [0, 0.05) is 17.7 Å². The van der Waals surface area contributed by atoms with E-state index < -0.39 is 36.1 Å². The Bertz CT molecular complexity index is 2340. The van der Waals surface area contributed by atoms with Crippen LogP contribution in [0.25, 0.3) is 11.1 Å². The second-order valence-electron chi connectivity index (χ2n) is 13.6. The van der Waals surface area contributed by atoms with Gasteiger partial charge in [-0.3, -0.25) is 4.79 Å². The predicted molar refractivity (Wildman–Crippen MR) is 215 cm³/mol. The van der Waals surface area contributed by atoms with Crippen molar-refractivity contribution in [1.29, 1.82) is 0 Å². The van der Waals surface area contributed by atoms with Gasteiger partial charge in [0.15, 0.2) is 0 Å². The number of esters is 1. The molecule has 2 amide bonds. The van der Waals surface area contributed by atoms with Crippen molar-refractivity contribution in [2.24, 2.45) is 0 Å². The van der Waals surface area contributed by atoms with Crippen LogP contribution in [0.15, 0.2) is 158 Å². The summed E-state index contributed by atoms with van der Waals surface area (Å²) in [5, 5.41) is 13.0. The number of carbonyl (C=O) groups excluding carboxylic acids is 3. The van der Waals surface area contributed by atoms with Crippen molar-refractivity contribution < 1.29 is 43.2 Å². The molecule has 1 heterocycles. The first-order chi connectivity index (χ1) is 28.3. The van der Waals surface area contributed by atoms with Crippen molar-refractivity contribution in [3.8, 4) is 22.6 Å². The van der Waals surface area contributed by atoms with E-state index in [1.807, 2.05) is 91.0 Å². The van der Waals surface area contributed by atoms with Gasteiger partial charge in [-0.05, 0) is 70.8 Å². The third-order valence-corrected chi connectivity index (χ3v) is 9.57. The summed E-state index contributed by atoms with van der Waals surface area (Å²) in [5.74, 6) is -1.28. The average Bonchev–Trinajstić information content (AvgIpc) is 3.66. The number of hydrogen-bond acceptors (Lipinski definition) is 8. The molecule has 6 aromatic carbocycles. The van der Waals surface area contributed by atoms with Crippen molar-refractivity contribution in [1.82, 2.24) is 10.2 Å². The summed E-state index contributed by atoms with van der Waals surface area (Å²) in [5.41, 5.74) is 4.20. The van der Waals surface area contributed by atoms with Gasteiger partial charge < -0.3 is 34.3 Å². The van der Waals surface area contributed by atoms with Crippen LogP contribution < -0.4 is 14.8 Å². The monoisotopic (exact) mass is 776 g/mol. The fourth-order valence-electron chi connectivity index (χ4n) is 6.53. The molecule has 1 fully saturated rings. The van der Waals surface area contributed by atoms with Crippen LogP contribution >= 0.6 is 0 Å². The second-order valence-corrected chi connectivity index (χ2v) is 13.6. The van der Waals surface area contributed by atoms with Crippen molar-refractivity contribution >= 4 is 23.9 Å². The summed E-state index contributed by atoms with van der Waals surface area (Å²) in [4.78, 5) is 54.0. The van der Waals surface area contributed by atoms with E-state index in [0.717, 1.165) is 16.7 Å². The van der Waals surface area contributed by atoms with E-state index >= 15 is 0 Å². The predicted octanol–water partition coefficient (Wildman–Crippen LogP) is 8.19. The highest BCUT2D eigenvalue weighted by Gasteiger charge is 2.40. The molecule has 0 unspecified atom stereocenters. The molecule has 0 aliphatic carbocycles. The Morgan fingerprint density at radius 1 is 0.603 bits per heavy atom. The van der Waals surface area contributed by atoms with E-state index in [0.29, 0.717) is 34.8 Å². The summed E-state index contributed by atoms with van der Waals surface area (Å²) in [6.07, 6.45) is -1.53. The molecular formula is C47H40N2O9. The number of aromatic carboxylic acids is 1. The normalized spacial score (nSPS) is 14.6. The lowest BCUT2D eigenvalue weighted by atomic mass is 9.97. The fraction of sp³-hybridized carbons (Fsp3) is 0.149. The van der Waals surface area contributed by atoms with Crippen LogP contribution in [0.4, 0.5) is 4.79 Å². The lowest BCUT2D eigenvalue weighted by Gasteiger charge is -2.20. The van der Waals surface area contributed by atoms with Gasteiger partial charge in [0.1, 0.15) is 37.4 Å².